The second-order valence-corrected chi connectivity index (χ2v) is 11.7. The summed E-state index contributed by atoms with van der Waals surface area (Å²) in [5.41, 5.74) is 0.752. The normalized spacial score (nSPS) is 37.3. The molecule has 5 rings (SSSR count). The minimum absolute atomic E-state index is 0.0480. The first-order valence-corrected chi connectivity index (χ1v) is 12.1. The van der Waals surface area contributed by atoms with Gasteiger partial charge in [-0.2, -0.15) is 0 Å². The number of amides is 1. The number of fused-ring (bicyclic) bond motifs is 5. The standard InChI is InChI=1S/C26H35NO6/c1-13-6-7-19-24(3,4)20(29)8-9-25(19,5)26(13)11-16-18(28)10-15-17(21(16)33-26)12-27(22(15)30)14(2)23(31)32/h10,13-14,19-20,28-29H,6-9,11-12H2,1-5H3,(H,31,32)/t13-,14-,19-,20-,25-,26-/m1/s1. The van der Waals surface area contributed by atoms with E-state index in [0.29, 0.717) is 29.7 Å². The average Bonchev–Trinajstić information content (AvgIpc) is 3.30. The molecule has 0 bridgehead atoms. The number of aliphatic hydroxyl groups is 1. The van der Waals surface area contributed by atoms with Crippen molar-refractivity contribution in [3.63, 3.8) is 0 Å². The van der Waals surface area contributed by atoms with Crippen LogP contribution >= 0.6 is 0 Å². The molecule has 6 atom stereocenters. The predicted octanol–water partition coefficient (Wildman–Crippen LogP) is 3.73. The van der Waals surface area contributed by atoms with E-state index < -0.39 is 17.6 Å². The fourth-order valence-electron chi connectivity index (χ4n) is 7.74. The average molecular weight is 458 g/mol. The van der Waals surface area contributed by atoms with Gasteiger partial charge >= 0.3 is 5.97 Å². The van der Waals surface area contributed by atoms with Crippen molar-refractivity contribution in [2.75, 3.05) is 0 Å². The van der Waals surface area contributed by atoms with Gasteiger partial charge in [0.1, 0.15) is 23.1 Å². The predicted molar refractivity (Wildman–Crippen MR) is 121 cm³/mol. The Morgan fingerprint density at radius 2 is 1.91 bits per heavy atom. The molecule has 2 saturated carbocycles. The highest BCUT2D eigenvalue weighted by Crippen LogP contribution is 2.67. The number of nitrogens with zero attached hydrogens (tertiary/aromatic N) is 1. The van der Waals surface area contributed by atoms with E-state index in [1.807, 2.05) is 0 Å². The highest BCUT2D eigenvalue weighted by Gasteiger charge is 2.67. The van der Waals surface area contributed by atoms with Gasteiger partial charge in [-0.15, -0.1) is 0 Å². The molecule has 2 aliphatic carbocycles. The summed E-state index contributed by atoms with van der Waals surface area (Å²) < 4.78 is 6.94. The van der Waals surface area contributed by atoms with E-state index >= 15 is 0 Å². The Hall–Kier alpha value is -2.28. The van der Waals surface area contributed by atoms with Crippen LogP contribution in [0.4, 0.5) is 0 Å². The Labute approximate surface area is 194 Å². The molecule has 33 heavy (non-hydrogen) atoms. The van der Waals surface area contributed by atoms with Crippen LogP contribution in [0.25, 0.3) is 0 Å². The molecule has 0 unspecified atom stereocenters. The molecule has 0 saturated heterocycles. The summed E-state index contributed by atoms with van der Waals surface area (Å²) in [6.07, 6.45) is 3.74. The van der Waals surface area contributed by atoms with Crippen molar-refractivity contribution < 1.29 is 29.6 Å². The van der Waals surface area contributed by atoms with Crippen LogP contribution in [0.2, 0.25) is 0 Å². The van der Waals surface area contributed by atoms with Crippen LogP contribution in [-0.2, 0) is 17.8 Å². The maximum absolute atomic E-state index is 13.0. The lowest BCUT2D eigenvalue weighted by Crippen LogP contribution is -2.66. The number of carboxylic acid groups (broad SMARTS) is 1. The van der Waals surface area contributed by atoms with Crippen LogP contribution in [0.3, 0.4) is 0 Å². The molecule has 1 amide bonds. The number of ether oxygens (including phenoxy) is 1. The van der Waals surface area contributed by atoms with Crippen molar-refractivity contribution in [2.45, 2.75) is 91.0 Å². The first kappa shape index (κ1) is 22.5. The molecule has 2 aliphatic heterocycles. The van der Waals surface area contributed by atoms with Gasteiger partial charge in [0.25, 0.3) is 5.91 Å². The molecular formula is C26H35NO6. The van der Waals surface area contributed by atoms with Crippen molar-refractivity contribution in [1.29, 1.82) is 0 Å². The molecule has 0 aromatic heterocycles. The van der Waals surface area contributed by atoms with Gasteiger partial charge in [-0.05, 0) is 55.9 Å². The number of aromatic hydroxyl groups is 1. The SMILES string of the molecule is C[C@H](C(=O)O)N1Cc2c(cc(O)c3c2O[C@]2(C3)[C@H](C)CC[C@@H]3C(C)(C)[C@H](O)CC[C@]32C)C1=O. The van der Waals surface area contributed by atoms with Gasteiger partial charge < -0.3 is 25.0 Å². The summed E-state index contributed by atoms with van der Waals surface area (Å²) in [5, 5.41) is 31.2. The number of carbonyl (C=O) groups is 2. The molecule has 1 aromatic rings. The van der Waals surface area contributed by atoms with Crippen LogP contribution in [0.1, 0.15) is 81.8 Å². The van der Waals surface area contributed by atoms with E-state index in [1.165, 1.54) is 17.9 Å². The summed E-state index contributed by atoms with van der Waals surface area (Å²) in [7, 11) is 0. The first-order chi connectivity index (χ1) is 15.3. The van der Waals surface area contributed by atoms with Crippen molar-refractivity contribution in [2.24, 2.45) is 22.7 Å². The lowest BCUT2D eigenvalue weighted by Gasteiger charge is -2.64. The maximum atomic E-state index is 13.0. The Balaban J connectivity index is 1.60. The molecule has 7 nitrogen and oxygen atoms in total. The lowest BCUT2D eigenvalue weighted by molar-refractivity contribution is -0.210. The number of carbonyl (C=O) groups excluding carboxylic acids is 1. The Kier molecular flexibility index (Phi) is 4.69. The van der Waals surface area contributed by atoms with Crippen LogP contribution < -0.4 is 4.74 Å². The topological polar surface area (TPSA) is 107 Å². The van der Waals surface area contributed by atoms with Crippen molar-refractivity contribution in [3.05, 3.63) is 22.8 Å². The molecular weight excluding hydrogens is 422 g/mol. The quantitative estimate of drug-likeness (QED) is 0.625. The van der Waals surface area contributed by atoms with Gasteiger partial charge in [-0.1, -0.05) is 27.7 Å². The molecule has 4 aliphatic rings. The number of aliphatic hydroxyl groups excluding tert-OH is 1. The second-order valence-electron chi connectivity index (χ2n) is 11.7. The van der Waals surface area contributed by atoms with Crippen molar-refractivity contribution in [1.82, 2.24) is 4.90 Å². The molecule has 180 valence electrons. The van der Waals surface area contributed by atoms with E-state index in [0.717, 1.165) is 24.8 Å². The maximum Gasteiger partial charge on any atom is 0.326 e. The van der Waals surface area contributed by atoms with Gasteiger partial charge in [0.05, 0.1) is 18.2 Å². The second kappa shape index (κ2) is 6.87. The fraction of sp³-hybridized carbons (Fsp3) is 0.692. The molecule has 1 spiro atoms. The lowest BCUT2D eigenvalue weighted by atomic mass is 9.43. The third-order valence-corrected chi connectivity index (χ3v) is 9.95. The number of rotatable bonds is 2. The number of hydrogen-bond donors (Lipinski definition) is 3. The van der Waals surface area contributed by atoms with Gasteiger partial charge in [0.15, 0.2) is 0 Å². The van der Waals surface area contributed by atoms with Gasteiger partial charge in [-0.3, -0.25) is 4.79 Å². The van der Waals surface area contributed by atoms with Crippen molar-refractivity contribution >= 4 is 11.9 Å². The van der Waals surface area contributed by atoms with E-state index in [4.69, 9.17) is 4.74 Å². The zero-order valence-electron chi connectivity index (χ0n) is 20.1. The van der Waals surface area contributed by atoms with E-state index in [-0.39, 0.29) is 47.0 Å². The Morgan fingerprint density at radius 1 is 1.21 bits per heavy atom. The molecule has 7 heteroatoms. The van der Waals surface area contributed by atoms with Gasteiger partial charge in [0.2, 0.25) is 0 Å². The largest absolute Gasteiger partial charge is 0.508 e. The molecule has 0 radical (unpaired) electrons. The first-order valence-electron chi connectivity index (χ1n) is 12.1. The number of hydrogen-bond acceptors (Lipinski definition) is 5. The molecule has 1 aromatic carbocycles. The summed E-state index contributed by atoms with van der Waals surface area (Å²) >= 11 is 0. The third-order valence-electron chi connectivity index (χ3n) is 9.95. The highest BCUT2D eigenvalue weighted by molar-refractivity contribution is 6.02. The van der Waals surface area contributed by atoms with Gasteiger partial charge in [-0.25, -0.2) is 4.79 Å². The van der Waals surface area contributed by atoms with Crippen LogP contribution in [-0.4, -0.2) is 49.8 Å². The van der Waals surface area contributed by atoms with Crippen LogP contribution in [0.15, 0.2) is 6.07 Å². The van der Waals surface area contributed by atoms with Gasteiger partial charge in [0, 0.05) is 23.0 Å². The minimum Gasteiger partial charge on any atom is -0.508 e. The zero-order valence-corrected chi connectivity index (χ0v) is 20.1. The number of phenolic OH excluding ortho intramolecular Hbond substituents is 1. The number of benzene rings is 1. The van der Waals surface area contributed by atoms with E-state index in [9.17, 15) is 24.9 Å². The summed E-state index contributed by atoms with van der Waals surface area (Å²) in [6, 6.07) is 0.532. The van der Waals surface area contributed by atoms with E-state index in [2.05, 4.69) is 27.7 Å². The number of phenols is 1. The zero-order chi connectivity index (χ0) is 24.1. The van der Waals surface area contributed by atoms with Crippen LogP contribution in [0, 0.1) is 22.7 Å². The minimum atomic E-state index is -1.06. The number of carboxylic acids is 1. The third kappa shape index (κ3) is 2.71. The smallest absolute Gasteiger partial charge is 0.326 e. The Bertz CT molecular complexity index is 1050. The fourth-order valence-corrected chi connectivity index (χ4v) is 7.74. The highest BCUT2D eigenvalue weighted by atomic mass is 16.5. The molecule has 3 N–H and O–H groups in total. The Morgan fingerprint density at radius 3 is 2.58 bits per heavy atom. The van der Waals surface area contributed by atoms with Crippen LogP contribution in [0.5, 0.6) is 11.5 Å². The number of aliphatic carboxylic acids is 1. The summed E-state index contributed by atoms with van der Waals surface area (Å²) in [6.45, 7) is 10.5. The monoisotopic (exact) mass is 457 g/mol. The van der Waals surface area contributed by atoms with Crippen molar-refractivity contribution in [3.8, 4) is 11.5 Å². The summed E-state index contributed by atoms with van der Waals surface area (Å²) in [5.74, 6) is -0.333. The molecule has 2 heterocycles. The summed E-state index contributed by atoms with van der Waals surface area (Å²) in [4.78, 5) is 25.9. The molecule has 2 fully saturated rings. The van der Waals surface area contributed by atoms with E-state index in [1.54, 1.807) is 0 Å².